The molecule has 9 nitrogen and oxygen atoms in total. The van der Waals surface area contributed by atoms with Gasteiger partial charge in [-0.05, 0) is 25.3 Å². The van der Waals surface area contributed by atoms with E-state index < -0.39 is 54.2 Å². The van der Waals surface area contributed by atoms with E-state index in [1.165, 1.54) is 6.92 Å². The lowest BCUT2D eigenvalue weighted by Gasteiger charge is -2.17. The molecule has 1 aromatic rings. The molecule has 158 valence electrons. The molecule has 0 spiro atoms. The number of fused-ring (bicyclic) bond motifs is 1. The average Bonchev–Trinajstić information content (AvgIpc) is 2.98. The number of allylic oxidation sites excluding steroid dienone is 2. The Balaban J connectivity index is 1.44. The molecule has 3 unspecified atom stereocenters. The summed E-state index contributed by atoms with van der Waals surface area (Å²) in [6.45, 7) is 0.974. The lowest BCUT2D eigenvalue weighted by molar-refractivity contribution is -0.159. The highest BCUT2D eigenvalue weighted by Gasteiger charge is 2.47. The van der Waals surface area contributed by atoms with E-state index in [0.717, 1.165) is 10.5 Å². The Kier molecular flexibility index (Phi) is 6.61. The van der Waals surface area contributed by atoms with Crippen LogP contribution in [0, 0.1) is 11.8 Å². The van der Waals surface area contributed by atoms with E-state index in [9.17, 15) is 24.0 Å². The molecule has 3 rings (SSSR count). The van der Waals surface area contributed by atoms with Crippen LogP contribution in [0.25, 0.3) is 0 Å². The van der Waals surface area contributed by atoms with Gasteiger partial charge in [0.2, 0.25) is 11.8 Å². The van der Waals surface area contributed by atoms with Gasteiger partial charge in [0.1, 0.15) is 6.54 Å². The van der Waals surface area contributed by atoms with Gasteiger partial charge in [-0.25, -0.2) is 4.79 Å². The first-order valence-corrected chi connectivity index (χ1v) is 9.69. The predicted octanol–water partition coefficient (Wildman–Crippen LogP) is 0.895. The zero-order chi connectivity index (χ0) is 21.7. The number of rotatable bonds is 6. The summed E-state index contributed by atoms with van der Waals surface area (Å²) in [5.74, 6) is -3.39. The van der Waals surface area contributed by atoms with E-state index in [1.807, 2.05) is 42.5 Å². The molecule has 2 aliphatic rings. The van der Waals surface area contributed by atoms with Crippen molar-refractivity contribution < 1.29 is 28.7 Å². The number of nitrogens with zero attached hydrogens (tertiary/aromatic N) is 1. The molecule has 2 N–H and O–H groups in total. The Hall–Kier alpha value is -3.49. The summed E-state index contributed by atoms with van der Waals surface area (Å²) in [7, 11) is 0. The van der Waals surface area contributed by atoms with E-state index >= 15 is 0 Å². The highest BCUT2D eigenvalue weighted by atomic mass is 16.5. The number of carbonyl (C=O) groups excluding carboxylic acids is 5. The molecule has 0 bridgehead atoms. The molecular weight excluding hydrogens is 390 g/mol. The largest absolute Gasteiger partial charge is 0.451 e. The number of urea groups is 1. The number of hydrogen-bond acceptors (Lipinski definition) is 6. The van der Waals surface area contributed by atoms with Gasteiger partial charge >= 0.3 is 12.0 Å². The van der Waals surface area contributed by atoms with Crippen LogP contribution in [0.1, 0.15) is 25.3 Å². The van der Waals surface area contributed by atoms with Crippen molar-refractivity contribution in [3.05, 3.63) is 48.0 Å². The minimum Gasteiger partial charge on any atom is -0.451 e. The molecular formula is C21H23N3O6. The fraction of sp³-hybridized carbons (Fsp3) is 0.381. The Bertz CT molecular complexity index is 856. The first-order valence-electron chi connectivity index (χ1n) is 9.69. The van der Waals surface area contributed by atoms with E-state index in [2.05, 4.69) is 10.6 Å². The first-order chi connectivity index (χ1) is 14.4. The first kappa shape index (κ1) is 21.2. The van der Waals surface area contributed by atoms with Gasteiger partial charge in [0, 0.05) is 6.54 Å². The molecule has 1 aromatic carbocycles. The molecule has 1 fully saturated rings. The van der Waals surface area contributed by atoms with Crippen molar-refractivity contribution in [2.45, 2.75) is 32.4 Å². The summed E-state index contributed by atoms with van der Waals surface area (Å²) in [5.41, 5.74) is 0.857. The second-order valence-electron chi connectivity index (χ2n) is 7.21. The van der Waals surface area contributed by atoms with Crippen molar-refractivity contribution in [3.8, 4) is 0 Å². The van der Waals surface area contributed by atoms with Gasteiger partial charge in [0.05, 0.1) is 11.8 Å². The zero-order valence-electron chi connectivity index (χ0n) is 16.5. The van der Waals surface area contributed by atoms with Crippen LogP contribution in [0.5, 0.6) is 0 Å². The Labute approximate surface area is 173 Å². The smallest absolute Gasteiger partial charge is 0.326 e. The third-order valence-corrected chi connectivity index (χ3v) is 5.10. The maximum absolute atomic E-state index is 12.4. The van der Waals surface area contributed by atoms with Crippen molar-refractivity contribution in [3.63, 3.8) is 0 Å². The van der Waals surface area contributed by atoms with Crippen LogP contribution in [0.2, 0.25) is 0 Å². The van der Waals surface area contributed by atoms with Gasteiger partial charge in [-0.3, -0.25) is 29.4 Å². The third-order valence-electron chi connectivity index (χ3n) is 5.10. The summed E-state index contributed by atoms with van der Waals surface area (Å²) >= 11 is 0. The maximum atomic E-state index is 12.4. The normalized spacial score (nSPS) is 21.0. The Morgan fingerprint density at radius 1 is 1.07 bits per heavy atom. The highest BCUT2D eigenvalue weighted by Crippen LogP contribution is 2.34. The Morgan fingerprint density at radius 3 is 2.27 bits per heavy atom. The van der Waals surface area contributed by atoms with Crippen LogP contribution < -0.4 is 10.6 Å². The van der Waals surface area contributed by atoms with Gasteiger partial charge in [-0.1, -0.05) is 42.5 Å². The number of carbonyl (C=O) groups is 5. The number of nitrogens with one attached hydrogen (secondary N) is 2. The van der Waals surface area contributed by atoms with Crippen LogP contribution >= 0.6 is 0 Å². The number of likely N-dealkylation sites (tertiary alicyclic amines) is 1. The number of imide groups is 2. The fourth-order valence-corrected chi connectivity index (χ4v) is 3.48. The number of hydrogen-bond donors (Lipinski definition) is 2. The topological polar surface area (TPSA) is 122 Å². The quantitative estimate of drug-likeness (QED) is 0.406. The molecule has 0 radical (unpaired) electrons. The summed E-state index contributed by atoms with van der Waals surface area (Å²) in [5, 5.41) is 4.61. The van der Waals surface area contributed by atoms with Crippen molar-refractivity contribution in [1.29, 1.82) is 0 Å². The van der Waals surface area contributed by atoms with Crippen LogP contribution in [-0.4, -0.2) is 47.3 Å². The maximum Gasteiger partial charge on any atom is 0.326 e. The lowest BCUT2D eigenvalue weighted by Crippen LogP contribution is -2.45. The van der Waals surface area contributed by atoms with Gasteiger partial charge in [0.25, 0.3) is 5.91 Å². The van der Waals surface area contributed by atoms with Gasteiger partial charge in [-0.15, -0.1) is 0 Å². The minimum atomic E-state index is -1.27. The second kappa shape index (κ2) is 9.34. The zero-order valence-corrected chi connectivity index (χ0v) is 16.5. The van der Waals surface area contributed by atoms with E-state index in [4.69, 9.17) is 4.74 Å². The summed E-state index contributed by atoms with van der Waals surface area (Å²) < 4.78 is 5.00. The number of amides is 5. The van der Waals surface area contributed by atoms with E-state index in [0.29, 0.717) is 12.8 Å². The highest BCUT2D eigenvalue weighted by molar-refractivity contribution is 6.07. The van der Waals surface area contributed by atoms with Gasteiger partial charge < -0.3 is 10.1 Å². The molecule has 1 heterocycles. The molecule has 1 aliphatic carbocycles. The molecule has 3 atom stereocenters. The number of esters is 1. The lowest BCUT2D eigenvalue weighted by atomic mass is 9.85. The third kappa shape index (κ3) is 4.91. The van der Waals surface area contributed by atoms with Crippen molar-refractivity contribution in [2.24, 2.45) is 11.8 Å². The number of ether oxygens (including phenoxy) is 1. The minimum absolute atomic E-state index is 0.227. The van der Waals surface area contributed by atoms with Crippen LogP contribution in [-0.2, 0) is 30.5 Å². The molecule has 5 amide bonds. The van der Waals surface area contributed by atoms with Crippen molar-refractivity contribution >= 4 is 29.7 Å². The fourth-order valence-electron chi connectivity index (χ4n) is 3.48. The van der Waals surface area contributed by atoms with Crippen LogP contribution in [0.3, 0.4) is 0 Å². The monoisotopic (exact) mass is 413 g/mol. The molecule has 1 saturated heterocycles. The molecule has 30 heavy (non-hydrogen) atoms. The van der Waals surface area contributed by atoms with Crippen LogP contribution in [0.15, 0.2) is 42.5 Å². The average molecular weight is 413 g/mol. The molecule has 9 heteroatoms. The predicted molar refractivity (Wildman–Crippen MR) is 104 cm³/mol. The molecule has 0 aromatic heterocycles. The summed E-state index contributed by atoms with van der Waals surface area (Å²) in [6.07, 6.45) is 3.37. The van der Waals surface area contributed by atoms with Gasteiger partial charge in [0.15, 0.2) is 6.10 Å². The molecule has 1 aliphatic heterocycles. The van der Waals surface area contributed by atoms with Crippen molar-refractivity contribution in [1.82, 2.24) is 15.5 Å². The van der Waals surface area contributed by atoms with E-state index in [-0.39, 0.29) is 6.54 Å². The van der Waals surface area contributed by atoms with Crippen molar-refractivity contribution in [2.75, 3.05) is 6.54 Å². The second-order valence-corrected chi connectivity index (χ2v) is 7.21. The summed E-state index contributed by atoms with van der Waals surface area (Å²) in [4.78, 5) is 61.7. The summed E-state index contributed by atoms with van der Waals surface area (Å²) in [6, 6.07) is 8.40. The van der Waals surface area contributed by atoms with Gasteiger partial charge in [-0.2, -0.15) is 0 Å². The van der Waals surface area contributed by atoms with E-state index in [1.54, 1.807) is 0 Å². The Morgan fingerprint density at radius 2 is 1.67 bits per heavy atom. The standard InChI is InChI=1S/C21H23N3O6/c1-13(18(26)23-21(29)22-11-14-7-3-2-4-8-14)30-17(25)12-24-19(27)15-9-5-6-10-16(15)20(24)28/h2-8,13,15-16H,9-12H2,1H3,(H2,22,23,26,29). The van der Waals surface area contributed by atoms with Crippen LogP contribution in [0.4, 0.5) is 4.79 Å². The number of benzene rings is 1. The SMILES string of the molecule is CC(OC(=O)CN1C(=O)C2CC=CCC2C1=O)C(=O)NC(=O)NCc1ccccc1. The molecule has 0 saturated carbocycles.